The normalized spacial score (nSPS) is 24.0. The summed E-state index contributed by atoms with van der Waals surface area (Å²) < 4.78 is 15.6. The smallest absolute Gasteiger partial charge is 0.228 e. The molecule has 9 heteroatoms. The zero-order valence-corrected chi connectivity index (χ0v) is 17.9. The van der Waals surface area contributed by atoms with Gasteiger partial charge >= 0.3 is 0 Å². The molecule has 1 atom stereocenters. The Bertz CT molecular complexity index is 1000. The summed E-state index contributed by atoms with van der Waals surface area (Å²) in [5.74, 6) is -0.0895. The van der Waals surface area contributed by atoms with Crippen LogP contribution in [0.1, 0.15) is 62.3 Å². The lowest BCUT2D eigenvalue weighted by molar-refractivity contribution is -0.117. The minimum Gasteiger partial charge on any atom is -0.374 e. The number of benzene rings is 1. The lowest BCUT2D eigenvalue weighted by Gasteiger charge is -2.39. The van der Waals surface area contributed by atoms with Crippen molar-refractivity contribution in [3.63, 3.8) is 0 Å². The molecule has 32 heavy (non-hydrogen) atoms. The van der Waals surface area contributed by atoms with Gasteiger partial charge in [0, 0.05) is 30.3 Å². The third-order valence-corrected chi connectivity index (χ3v) is 6.60. The van der Waals surface area contributed by atoms with Crippen molar-refractivity contribution in [3.8, 4) is 6.07 Å². The maximum atomic E-state index is 13.9. The van der Waals surface area contributed by atoms with Gasteiger partial charge in [0.15, 0.2) is 5.82 Å². The highest BCUT2D eigenvalue weighted by Gasteiger charge is 2.39. The molecule has 2 saturated carbocycles. The molecule has 1 aromatic heterocycles. The number of hydrogen-bond donors (Lipinski definition) is 4. The maximum Gasteiger partial charge on any atom is 0.228 e. The fourth-order valence-electron chi connectivity index (χ4n) is 4.40. The zero-order valence-electron chi connectivity index (χ0n) is 17.9. The molecule has 2 aliphatic rings. The molecule has 170 valence electrons. The molecule has 1 amide bonds. The van der Waals surface area contributed by atoms with E-state index in [0.29, 0.717) is 30.5 Å². The maximum absolute atomic E-state index is 13.9. The van der Waals surface area contributed by atoms with Crippen LogP contribution in [0.3, 0.4) is 0 Å². The van der Waals surface area contributed by atoms with Crippen LogP contribution in [0.4, 0.5) is 10.2 Å². The van der Waals surface area contributed by atoms with E-state index >= 15 is 0 Å². The van der Waals surface area contributed by atoms with Gasteiger partial charge in [-0.3, -0.25) is 9.48 Å². The lowest BCUT2D eigenvalue weighted by atomic mass is 9.77. The van der Waals surface area contributed by atoms with Crippen LogP contribution < -0.4 is 16.4 Å². The quantitative estimate of drug-likeness (QED) is 0.467. The first-order chi connectivity index (χ1) is 15.4. The van der Waals surface area contributed by atoms with Gasteiger partial charge < -0.3 is 21.5 Å². The number of carbonyl (C=O) groups is 1. The van der Waals surface area contributed by atoms with E-state index in [1.807, 2.05) is 6.07 Å². The zero-order chi connectivity index (χ0) is 22.7. The Labute approximate surface area is 186 Å². The third-order valence-electron chi connectivity index (χ3n) is 6.60. The summed E-state index contributed by atoms with van der Waals surface area (Å²) in [5, 5.41) is 30.3. The number of amides is 1. The highest BCUT2D eigenvalue weighted by molar-refractivity contribution is 5.93. The monoisotopic (exact) mass is 440 g/mol. The van der Waals surface area contributed by atoms with E-state index in [4.69, 9.17) is 5.73 Å². The van der Waals surface area contributed by atoms with Crippen LogP contribution in [0.15, 0.2) is 30.5 Å². The molecule has 2 aliphatic carbocycles. The number of nitrogens with zero attached hydrogens (tertiary/aromatic N) is 3. The predicted molar refractivity (Wildman–Crippen MR) is 116 cm³/mol. The molecular weight excluding hydrogens is 411 g/mol. The average molecular weight is 441 g/mol. The van der Waals surface area contributed by atoms with Crippen molar-refractivity contribution in [2.75, 3.05) is 5.32 Å². The molecule has 0 saturated heterocycles. The first kappa shape index (κ1) is 22.4. The number of halogens is 1. The van der Waals surface area contributed by atoms with Crippen LogP contribution in [0.25, 0.3) is 0 Å². The molecule has 1 heterocycles. The number of nitrogens with two attached hydrogens (primary N) is 1. The van der Waals surface area contributed by atoms with E-state index < -0.39 is 11.8 Å². The van der Waals surface area contributed by atoms with Crippen LogP contribution in [0, 0.1) is 23.1 Å². The summed E-state index contributed by atoms with van der Waals surface area (Å²) in [6, 6.07) is 9.19. The number of anilines is 1. The van der Waals surface area contributed by atoms with Crippen LogP contribution >= 0.6 is 0 Å². The van der Waals surface area contributed by atoms with Crippen molar-refractivity contribution < 1.29 is 14.3 Å². The van der Waals surface area contributed by atoms with E-state index in [1.165, 1.54) is 6.07 Å². The van der Waals surface area contributed by atoms with E-state index in [0.717, 1.165) is 25.7 Å². The van der Waals surface area contributed by atoms with Gasteiger partial charge in [-0.1, -0.05) is 18.2 Å². The van der Waals surface area contributed by atoms with Crippen LogP contribution in [0.5, 0.6) is 0 Å². The topological polar surface area (TPSA) is 129 Å². The summed E-state index contributed by atoms with van der Waals surface area (Å²) in [7, 11) is 0. The summed E-state index contributed by atoms with van der Waals surface area (Å²) in [6.07, 6.45) is 5.29. The molecule has 1 unspecified atom stereocenters. The SMILES string of the molecule is N#CCC1(n2cc(C(N)O)c(NC(=O)C3CC3)n2)CCC(NCc2ccccc2F)CC1. The van der Waals surface area contributed by atoms with Gasteiger partial charge in [0.1, 0.15) is 12.0 Å². The van der Waals surface area contributed by atoms with Crippen LogP contribution in [-0.4, -0.2) is 26.8 Å². The second-order valence-corrected chi connectivity index (χ2v) is 8.89. The summed E-state index contributed by atoms with van der Waals surface area (Å²) in [4.78, 5) is 12.2. The second-order valence-electron chi connectivity index (χ2n) is 8.89. The lowest BCUT2D eigenvalue weighted by Crippen LogP contribution is -2.43. The van der Waals surface area contributed by atoms with Crippen LogP contribution in [-0.2, 0) is 16.9 Å². The largest absolute Gasteiger partial charge is 0.374 e. The van der Waals surface area contributed by atoms with Crippen molar-refractivity contribution in [2.45, 2.75) is 69.3 Å². The number of hydrogen-bond acceptors (Lipinski definition) is 6. The molecule has 0 bridgehead atoms. The van der Waals surface area contributed by atoms with Gasteiger partial charge in [-0.25, -0.2) is 4.39 Å². The van der Waals surface area contributed by atoms with Crippen molar-refractivity contribution in [1.82, 2.24) is 15.1 Å². The third kappa shape index (κ3) is 4.83. The highest BCUT2D eigenvalue weighted by Crippen LogP contribution is 2.39. The molecule has 0 radical (unpaired) electrons. The molecule has 1 aromatic carbocycles. The standard InChI is InChI=1S/C23H29FN6O2/c24-19-4-2-1-3-16(19)13-27-17-7-9-23(10-8-17,11-12-25)30-14-18(20(26)31)21(29-30)28-22(32)15-5-6-15/h1-4,14-15,17,20,27,31H,5-11,13,26H2,(H,28,29,32). The van der Waals surface area contributed by atoms with E-state index in [2.05, 4.69) is 21.8 Å². The Morgan fingerprint density at radius 3 is 2.69 bits per heavy atom. The number of aromatic nitrogens is 2. The van der Waals surface area contributed by atoms with E-state index in [1.54, 1.807) is 23.0 Å². The van der Waals surface area contributed by atoms with Crippen molar-refractivity contribution in [1.29, 1.82) is 5.26 Å². The summed E-state index contributed by atoms with van der Waals surface area (Å²) in [5.41, 5.74) is 6.15. The summed E-state index contributed by atoms with van der Waals surface area (Å²) >= 11 is 0. The first-order valence-corrected chi connectivity index (χ1v) is 11.1. The Morgan fingerprint density at radius 2 is 2.06 bits per heavy atom. The number of nitriles is 1. The van der Waals surface area contributed by atoms with E-state index in [-0.39, 0.29) is 35.9 Å². The molecule has 5 N–H and O–H groups in total. The van der Waals surface area contributed by atoms with Crippen molar-refractivity contribution >= 4 is 11.7 Å². The number of aliphatic hydroxyl groups excluding tert-OH is 1. The molecule has 2 fully saturated rings. The van der Waals surface area contributed by atoms with Crippen molar-refractivity contribution in [3.05, 3.63) is 47.4 Å². The first-order valence-electron chi connectivity index (χ1n) is 11.1. The van der Waals surface area contributed by atoms with Gasteiger partial charge in [-0.05, 0) is 44.6 Å². The fraction of sp³-hybridized carbons (Fsp3) is 0.522. The number of nitrogens with one attached hydrogen (secondary N) is 2. The highest BCUT2D eigenvalue weighted by atomic mass is 19.1. The molecule has 0 aliphatic heterocycles. The Balaban J connectivity index is 1.46. The Hall–Kier alpha value is -2.80. The van der Waals surface area contributed by atoms with E-state index in [9.17, 15) is 19.6 Å². The van der Waals surface area contributed by atoms with Gasteiger partial charge in [-0.2, -0.15) is 10.4 Å². The Morgan fingerprint density at radius 1 is 1.34 bits per heavy atom. The molecule has 0 spiro atoms. The van der Waals surface area contributed by atoms with Crippen LogP contribution in [0.2, 0.25) is 0 Å². The Kier molecular flexibility index (Phi) is 6.55. The predicted octanol–water partition coefficient (Wildman–Crippen LogP) is 2.66. The molecular formula is C23H29FN6O2. The minimum absolute atomic E-state index is 0.00745. The summed E-state index contributed by atoms with van der Waals surface area (Å²) in [6.45, 7) is 0.450. The van der Waals surface area contributed by atoms with Gasteiger partial charge in [0.05, 0.1) is 23.6 Å². The minimum atomic E-state index is -1.28. The molecule has 2 aromatic rings. The average Bonchev–Trinajstić information content (AvgIpc) is 3.54. The second kappa shape index (κ2) is 9.36. The molecule has 4 rings (SSSR count). The number of carbonyl (C=O) groups excluding carboxylic acids is 1. The number of aliphatic hydroxyl groups is 1. The number of rotatable bonds is 8. The van der Waals surface area contributed by atoms with Gasteiger partial charge in [0.25, 0.3) is 0 Å². The van der Waals surface area contributed by atoms with Gasteiger partial charge in [-0.15, -0.1) is 0 Å². The van der Waals surface area contributed by atoms with Gasteiger partial charge in [0.2, 0.25) is 5.91 Å². The van der Waals surface area contributed by atoms with Crippen molar-refractivity contribution in [2.24, 2.45) is 11.7 Å². The molecule has 8 nitrogen and oxygen atoms in total. The fourth-order valence-corrected chi connectivity index (χ4v) is 4.40.